The third-order valence-corrected chi connectivity index (χ3v) is 3.47. The van der Waals surface area contributed by atoms with Gasteiger partial charge in [0.25, 0.3) is 0 Å². The lowest BCUT2D eigenvalue weighted by Crippen LogP contribution is -2.33. The van der Waals surface area contributed by atoms with Crippen LogP contribution in [-0.2, 0) is 10.3 Å². The van der Waals surface area contributed by atoms with Gasteiger partial charge in [0.15, 0.2) is 0 Å². The highest BCUT2D eigenvalue weighted by Gasteiger charge is 2.45. The second-order valence-electron chi connectivity index (χ2n) is 4.79. The Morgan fingerprint density at radius 2 is 1.82 bits per heavy atom. The molecule has 0 radical (unpaired) electrons. The van der Waals surface area contributed by atoms with Gasteiger partial charge in [0.05, 0.1) is 5.54 Å². The molecule has 0 atom stereocenters. The summed E-state index contributed by atoms with van der Waals surface area (Å²) in [7, 11) is 0. The van der Waals surface area contributed by atoms with E-state index in [1.807, 2.05) is 6.07 Å². The summed E-state index contributed by atoms with van der Waals surface area (Å²) >= 11 is 0. The molecule has 1 fully saturated rings. The number of rotatable bonds is 2. The topological polar surface area (TPSA) is 29.1 Å². The van der Waals surface area contributed by atoms with E-state index >= 15 is 0 Å². The SMILES string of the molecule is CC(=O)NC1(c2cccc3ccccc23)CC1. The summed E-state index contributed by atoms with van der Waals surface area (Å²) < 4.78 is 0. The molecule has 0 bridgehead atoms. The van der Waals surface area contributed by atoms with Gasteiger partial charge in [0, 0.05) is 6.92 Å². The van der Waals surface area contributed by atoms with Gasteiger partial charge in [0.2, 0.25) is 5.91 Å². The highest BCUT2D eigenvalue weighted by Crippen LogP contribution is 2.47. The third-order valence-electron chi connectivity index (χ3n) is 3.47. The van der Waals surface area contributed by atoms with Crippen LogP contribution in [0, 0.1) is 0 Å². The quantitative estimate of drug-likeness (QED) is 0.836. The largest absolute Gasteiger partial charge is 0.347 e. The van der Waals surface area contributed by atoms with Crippen LogP contribution in [0.4, 0.5) is 0 Å². The molecular formula is C15H15NO. The minimum absolute atomic E-state index is 0.0513. The van der Waals surface area contributed by atoms with Crippen molar-refractivity contribution in [1.29, 1.82) is 0 Å². The van der Waals surface area contributed by atoms with Crippen molar-refractivity contribution in [2.75, 3.05) is 0 Å². The molecule has 1 aliphatic carbocycles. The van der Waals surface area contributed by atoms with Crippen LogP contribution in [0.15, 0.2) is 42.5 Å². The van der Waals surface area contributed by atoms with Crippen molar-refractivity contribution in [3.8, 4) is 0 Å². The molecule has 2 aromatic rings. The lowest BCUT2D eigenvalue weighted by molar-refractivity contribution is -0.119. The normalized spacial score (nSPS) is 16.8. The molecule has 0 heterocycles. The number of carbonyl (C=O) groups excluding carboxylic acids is 1. The number of benzene rings is 2. The number of fused-ring (bicyclic) bond motifs is 1. The van der Waals surface area contributed by atoms with Gasteiger partial charge in [-0.15, -0.1) is 0 Å². The van der Waals surface area contributed by atoms with Crippen LogP contribution in [-0.4, -0.2) is 5.91 Å². The fraction of sp³-hybridized carbons (Fsp3) is 0.267. The molecule has 1 amide bonds. The van der Waals surface area contributed by atoms with Crippen molar-refractivity contribution in [2.45, 2.75) is 25.3 Å². The summed E-state index contributed by atoms with van der Waals surface area (Å²) in [5.74, 6) is 0.0513. The lowest BCUT2D eigenvalue weighted by atomic mass is 9.97. The number of hydrogen-bond acceptors (Lipinski definition) is 1. The van der Waals surface area contributed by atoms with Crippen LogP contribution < -0.4 is 5.32 Å². The average Bonchev–Trinajstić information content (AvgIpc) is 3.08. The Balaban J connectivity index is 2.15. The van der Waals surface area contributed by atoms with Crippen LogP contribution in [0.25, 0.3) is 10.8 Å². The molecule has 0 aromatic heterocycles. The van der Waals surface area contributed by atoms with Gasteiger partial charge in [-0.25, -0.2) is 0 Å². The molecule has 0 spiro atoms. The van der Waals surface area contributed by atoms with Gasteiger partial charge in [-0.1, -0.05) is 42.5 Å². The second kappa shape index (κ2) is 3.59. The zero-order valence-electron chi connectivity index (χ0n) is 9.86. The van der Waals surface area contributed by atoms with E-state index in [-0.39, 0.29) is 11.4 Å². The standard InChI is InChI=1S/C15H15NO/c1-11(17)16-15(9-10-15)14-8-4-6-12-5-2-3-7-13(12)14/h2-8H,9-10H2,1H3,(H,16,17). The van der Waals surface area contributed by atoms with Crippen molar-refractivity contribution in [3.63, 3.8) is 0 Å². The van der Waals surface area contributed by atoms with Crippen LogP contribution >= 0.6 is 0 Å². The van der Waals surface area contributed by atoms with Crippen molar-refractivity contribution in [2.24, 2.45) is 0 Å². The van der Waals surface area contributed by atoms with Gasteiger partial charge in [-0.3, -0.25) is 4.79 Å². The average molecular weight is 225 g/mol. The molecule has 3 rings (SSSR count). The summed E-state index contributed by atoms with van der Waals surface area (Å²) in [5.41, 5.74) is 1.15. The van der Waals surface area contributed by atoms with Crippen LogP contribution in [0.1, 0.15) is 25.3 Å². The van der Waals surface area contributed by atoms with Gasteiger partial charge in [-0.05, 0) is 29.2 Å². The van der Waals surface area contributed by atoms with E-state index in [2.05, 4.69) is 41.7 Å². The number of nitrogens with one attached hydrogen (secondary N) is 1. The Morgan fingerprint density at radius 1 is 1.12 bits per heavy atom. The summed E-state index contributed by atoms with van der Waals surface area (Å²) in [6.45, 7) is 1.59. The Kier molecular flexibility index (Phi) is 2.18. The van der Waals surface area contributed by atoms with Crippen molar-refractivity contribution < 1.29 is 4.79 Å². The van der Waals surface area contributed by atoms with Crippen LogP contribution in [0.5, 0.6) is 0 Å². The zero-order valence-corrected chi connectivity index (χ0v) is 9.86. The molecule has 2 nitrogen and oxygen atoms in total. The lowest BCUT2D eigenvalue weighted by Gasteiger charge is -2.19. The molecule has 0 unspecified atom stereocenters. The summed E-state index contributed by atoms with van der Waals surface area (Å²) in [6, 6.07) is 14.7. The highest BCUT2D eigenvalue weighted by atomic mass is 16.1. The monoisotopic (exact) mass is 225 g/mol. The van der Waals surface area contributed by atoms with Crippen molar-refractivity contribution >= 4 is 16.7 Å². The summed E-state index contributed by atoms with van der Waals surface area (Å²) in [6.07, 6.45) is 2.08. The predicted octanol–water partition coefficient (Wildman–Crippen LogP) is 2.97. The number of amides is 1. The first-order chi connectivity index (χ1) is 8.21. The maximum Gasteiger partial charge on any atom is 0.217 e. The minimum atomic E-state index is -0.104. The van der Waals surface area contributed by atoms with Crippen molar-refractivity contribution in [1.82, 2.24) is 5.32 Å². The van der Waals surface area contributed by atoms with Crippen molar-refractivity contribution in [3.05, 3.63) is 48.0 Å². The molecule has 1 N–H and O–H groups in total. The van der Waals surface area contributed by atoms with Crippen LogP contribution in [0.2, 0.25) is 0 Å². The fourth-order valence-electron chi connectivity index (χ4n) is 2.57. The van der Waals surface area contributed by atoms with Gasteiger partial charge in [0.1, 0.15) is 0 Å². The maximum absolute atomic E-state index is 11.3. The smallest absolute Gasteiger partial charge is 0.217 e. The first kappa shape index (κ1) is 10.3. The molecule has 2 heteroatoms. The van der Waals surface area contributed by atoms with Gasteiger partial charge < -0.3 is 5.32 Å². The van der Waals surface area contributed by atoms with Crippen LogP contribution in [0.3, 0.4) is 0 Å². The van der Waals surface area contributed by atoms with E-state index in [1.54, 1.807) is 6.92 Å². The maximum atomic E-state index is 11.3. The van der Waals surface area contributed by atoms with E-state index in [1.165, 1.54) is 16.3 Å². The third kappa shape index (κ3) is 1.70. The minimum Gasteiger partial charge on any atom is -0.347 e. The number of hydrogen-bond donors (Lipinski definition) is 1. The summed E-state index contributed by atoms with van der Waals surface area (Å²) in [4.78, 5) is 11.3. The van der Waals surface area contributed by atoms with E-state index in [4.69, 9.17) is 0 Å². The molecule has 86 valence electrons. The van der Waals surface area contributed by atoms with E-state index < -0.39 is 0 Å². The first-order valence-electron chi connectivity index (χ1n) is 5.98. The molecule has 1 saturated carbocycles. The molecule has 1 aliphatic rings. The molecular weight excluding hydrogens is 210 g/mol. The van der Waals surface area contributed by atoms with E-state index in [0.29, 0.717) is 0 Å². The molecule has 0 aliphatic heterocycles. The Bertz CT molecular complexity index is 579. The fourth-order valence-corrected chi connectivity index (χ4v) is 2.57. The zero-order chi connectivity index (χ0) is 11.9. The van der Waals surface area contributed by atoms with E-state index in [9.17, 15) is 4.79 Å². The Hall–Kier alpha value is -1.83. The highest BCUT2D eigenvalue weighted by molar-refractivity contribution is 5.88. The molecule has 0 saturated heterocycles. The molecule has 17 heavy (non-hydrogen) atoms. The van der Waals surface area contributed by atoms with E-state index in [0.717, 1.165) is 12.8 Å². The number of carbonyl (C=O) groups is 1. The van der Waals surface area contributed by atoms with Gasteiger partial charge in [-0.2, -0.15) is 0 Å². The first-order valence-corrected chi connectivity index (χ1v) is 5.98. The summed E-state index contributed by atoms with van der Waals surface area (Å²) in [5, 5.41) is 5.59. The molecule has 2 aromatic carbocycles. The Morgan fingerprint density at radius 3 is 2.53 bits per heavy atom. The predicted molar refractivity (Wildman–Crippen MR) is 68.7 cm³/mol. The van der Waals surface area contributed by atoms with Gasteiger partial charge >= 0.3 is 0 Å². The second-order valence-corrected chi connectivity index (χ2v) is 4.79. The Labute approximate surface area is 101 Å².